The third-order valence-corrected chi connectivity index (χ3v) is 9.45. The summed E-state index contributed by atoms with van der Waals surface area (Å²) < 4.78 is 0. The van der Waals surface area contributed by atoms with Crippen LogP contribution in [0.2, 0.25) is 0 Å². The molecule has 0 unspecified atom stereocenters. The monoisotopic (exact) mass is 561 g/mol. The van der Waals surface area contributed by atoms with E-state index in [0.717, 1.165) is 0 Å². The molecule has 0 fully saturated rings. The van der Waals surface area contributed by atoms with E-state index in [1.807, 2.05) is 0 Å². The van der Waals surface area contributed by atoms with Gasteiger partial charge in [0.05, 0.1) is 6.17 Å². The summed E-state index contributed by atoms with van der Waals surface area (Å²) in [6.07, 6.45) is 48.7. The van der Waals surface area contributed by atoms with E-state index in [1.54, 1.807) is 0 Å². The van der Waals surface area contributed by atoms with Crippen molar-refractivity contribution in [2.24, 2.45) is 0 Å². The Hall–Kier alpha value is -0.660. The molecular weight excluding hydrogens is 484 g/mol. The molecule has 1 rings (SSSR count). The van der Waals surface area contributed by atoms with E-state index >= 15 is 0 Å². The Morgan fingerprint density at radius 3 is 0.750 bits per heavy atom. The maximum absolute atomic E-state index is 2.58. The van der Waals surface area contributed by atoms with Crippen molar-refractivity contribution in [3.63, 3.8) is 0 Å². The average Bonchev–Trinajstić information content (AvgIpc) is 3.31. The third kappa shape index (κ3) is 23.0. The summed E-state index contributed by atoms with van der Waals surface area (Å²) in [5.41, 5.74) is 0. The fraction of sp³-hybridized carbons (Fsp3) is 0.947. The lowest BCUT2D eigenvalue weighted by atomic mass is 10.0. The quantitative estimate of drug-likeness (QED) is 0.0755. The first-order chi connectivity index (χ1) is 19.8. The van der Waals surface area contributed by atoms with Crippen LogP contribution in [0.3, 0.4) is 0 Å². The standard InChI is InChI=1S/C38H76N2/c1-4-6-8-10-12-14-16-18-20-22-24-26-28-30-32-34-39-36-37-40(38(39)3)35-33-31-29-27-25-23-21-19-17-15-13-11-9-7-5-2/h36-38H,4-35H2,1-3H3. The van der Waals surface area contributed by atoms with Crippen molar-refractivity contribution >= 4 is 0 Å². The Balaban J connectivity index is 1.81. The fourth-order valence-electron chi connectivity index (χ4n) is 6.47. The molecule has 0 spiro atoms. The molecule has 2 nitrogen and oxygen atoms in total. The lowest BCUT2D eigenvalue weighted by Crippen LogP contribution is -2.36. The van der Waals surface area contributed by atoms with Gasteiger partial charge in [0, 0.05) is 25.5 Å². The molecule has 2 heteroatoms. The minimum Gasteiger partial charge on any atom is -0.356 e. The van der Waals surface area contributed by atoms with Gasteiger partial charge in [0.1, 0.15) is 0 Å². The highest BCUT2D eigenvalue weighted by Gasteiger charge is 2.20. The van der Waals surface area contributed by atoms with Gasteiger partial charge in [-0.1, -0.05) is 194 Å². The van der Waals surface area contributed by atoms with Crippen LogP contribution in [0.4, 0.5) is 0 Å². The van der Waals surface area contributed by atoms with Crippen LogP contribution in [-0.2, 0) is 0 Å². The minimum absolute atomic E-state index is 0.568. The van der Waals surface area contributed by atoms with E-state index in [9.17, 15) is 0 Å². The maximum Gasteiger partial charge on any atom is 0.0977 e. The van der Waals surface area contributed by atoms with E-state index in [4.69, 9.17) is 0 Å². The molecule has 0 aromatic carbocycles. The number of rotatable bonds is 32. The van der Waals surface area contributed by atoms with Gasteiger partial charge in [-0.2, -0.15) is 0 Å². The van der Waals surface area contributed by atoms with E-state index in [1.165, 1.54) is 206 Å². The molecule has 0 saturated heterocycles. The third-order valence-electron chi connectivity index (χ3n) is 9.45. The van der Waals surface area contributed by atoms with Crippen molar-refractivity contribution in [3.05, 3.63) is 12.4 Å². The number of hydrogen-bond acceptors (Lipinski definition) is 2. The Morgan fingerprint density at radius 1 is 0.325 bits per heavy atom. The zero-order valence-electron chi connectivity index (χ0n) is 28.3. The summed E-state index contributed by atoms with van der Waals surface area (Å²) in [5, 5.41) is 0. The lowest BCUT2D eigenvalue weighted by molar-refractivity contribution is 0.165. The highest BCUT2D eigenvalue weighted by molar-refractivity contribution is 4.95. The van der Waals surface area contributed by atoms with Crippen molar-refractivity contribution in [3.8, 4) is 0 Å². The van der Waals surface area contributed by atoms with Crippen molar-refractivity contribution in [1.82, 2.24) is 9.80 Å². The van der Waals surface area contributed by atoms with Crippen molar-refractivity contribution in [2.45, 2.75) is 220 Å². The van der Waals surface area contributed by atoms with Crippen molar-refractivity contribution in [1.29, 1.82) is 0 Å². The molecule has 0 aliphatic carbocycles. The molecule has 40 heavy (non-hydrogen) atoms. The molecule has 0 amide bonds. The summed E-state index contributed by atoms with van der Waals surface area (Å²) in [6, 6.07) is 0. The predicted molar refractivity (Wildman–Crippen MR) is 182 cm³/mol. The fourth-order valence-corrected chi connectivity index (χ4v) is 6.47. The summed E-state index contributed by atoms with van der Waals surface area (Å²) in [4.78, 5) is 5.15. The van der Waals surface area contributed by atoms with Gasteiger partial charge in [0.25, 0.3) is 0 Å². The molecule has 0 saturated carbocycles. The second kappa shape index (κ2) is 29.8. The Morgan fingerprint density at radius 2 is 0.525 bits per heavy atom. The highest BCUT2D eigenvalue weighted by Crippen LogP contribution is 2.19. The van der Waals surface area contributed by atoms with Gasteiger partial charge in [-0.15, -0.1) is 0 Å². The first-order valence-corrected chi connectivity index (χ1v) is 19.0. The molecule has 0 aromatic rings. The molecule has 0 radical (unpaired) electrons. The van der Waals surface area contributed by atoms with Crippen LogP contribution in [0, 0.1) is 0 Å². The SMILES string of the molecule is CCCCCCCCCCCCCCCCCN1C=CN(CCCCCCCCCCCCCCCCC)C1C. The predicted octanol–water partition coefficient (Wildman–Crippen LogP) is 13.2. The number of nitrogens with zero attached hydrogens (tertiary/aromatic N) is 2. The molecule has 1 aliphatic rings. The maximum atomic E-state index is 2.58. The largest absolute Gasteiger partial charge is 0.356 e. The molecule has 0 atom stereocenters. The van der Waals surface area contributed by atoms with Gasteiger partial charge < -0.3 is 9.80 Å². The summed E-state index contributed by atoms with van der Waals surface area (Å²) in [5.74, 6) is 0. The van der Waals surface area contributed by atoms with Gasteiger partial charge >= 0.3 is 0 Å². The molecule has 0 aromatic heterocycles. The van der Waals surface area contributed by atoms with Gasteiger partial charge in [-0.05, 0) is 19.8 Å². The van der Waals surface area contributed by atoms with Crippen LogP contribution < -0.4 is 0 Å². The smallest absolute Gasteiger partial charge is 0.0977 e. The second-order valence-corrected chi connectivity index (χ2v) is 13.3. The Kier molecular flexibility index (Phi) is 27.9. The van der Waals surface area contributed by atoms with Crippen LogP contribution >= 0.6 is 0 Å². The van der Waals surface area contributed by atoms with E-state index in [2.05, 4.69) is 43.0 Å². The zero-order valence-corrected chi connectivity index (χ0v) is 28.3. The van der Waals surface area contributed by atoms with Gasteiger partial charge in [0.2, 0.25) is 0 Å². The van der Waals surface area contributed by atoms with Crippen LogP contribution in [0.25, 0.3) is 0 Å². The van der Waals surface area contributed by atoms with Crippen LogP contribution in [0.15, 0.2) is 12.4 Å². The summed E-state index contributed by atoms with van der Waals surface area (Å²) in [6.45, 7) is 9.49. The van der Waals surface area contributed by atoms with Crippen LogP contribution in [-0.4, -0.2) is 29.1 Å². The Bertz CT molecular complexity index is 472. The van der Waals surface area contributed by atoms with E-state index in [0.29, 0.717) is 6.17 Å². The minimum atomic E-state index is 0.568. The molecule has 0 bridgehead atoms. The first-order valence-electron chi connectivity index (χ1n) is 19.0. The number of unbranched alkanes of at least 4 members (excludes halogenated alkanes) is 28. The van der Waals surface area contributed by atoms with E-state index < -0.39 is 0 Å². The van der Waals surface area contributed by atoms with Crippen LogP contribution in [0.1, 0.15) is 213 Å². The van der Waals surface area contributed by atoms with Crippen molar-refractivity contribution < 1.29 is 0 Å². The topological polar surface area (TPSA) is 6.48 Å². The molecule has 1 heterocycles. The summed E-state index contributed by atoms with van der Waals surface area (Å²) in [7, 11) is 0. The van der Waals surface area contributed by atoms with E-state index in [-0.39, 0.29) is 0 Å². The zero-order chi connectivity index (χ0) is 28.8. The second-order valence-electron chi connectivity index (χ2n) is 13.3. The molecule has 0 N–H and O–H groups in total. The molecule has 238 valence electrons. The van der Waals surface area contributed by atoms with Gasteiger partial charge in [0.15, 0.2) is 0 Å². The Labute approximate surface area is 254 Å². The van der Waals surface area contributed by atoms with Crippen LogP contribution in [0.5, 0.6) is 0 Å². The molecule has 1 aliphatic heterocycles. The normalized spacial score (nSPS) is 13.8. The first kappa shape index (κ1) is 37.4. The number of hydrogen-bond donors (Lipinski definition) is 0. The lowest BCUT2D eigenvalue weighted by Gasteiger charge is -2.30. The van der Waals surface area contributed by atoms with Gasteiger partial charge in [-0.3, -0.25) is 0 Å². The highest BCUT2D eigenvalue weighted by atomic mass is 15.4. The van der Waals surface area contributed by atoms with Crippen molar-refractivity contribution in [2.75, 3.05) is 13.1 Å². The average molecular weight is 561 g/mol. The van der Waals surface area contributed by atoms with Gasteiger partial charge in [-0.25, -0.2) is 0 Å². The molecular formula is C38H76N2. The summed E-state index contributed by atoms with van der Waals surface area (Å²) >= 11 is 0.